The highest BCUT2D eigenvalue weighted by molar-refractivity contribution is 7.25. The molecule has 4 heterocycles. The molecule has 0 saturated heterocycles. The van der Waals surface area contributed by atoms with Gasteiger partial charge in [0.25, 0.3) is 0 Å². The first-order valence-corrected chi connectivity index (χ1v) is 15.9. The van der Waals surface area contributed by atoms with Crippen LogP contribution in [0.3, 0.4) is 0 Å². The van der Waals surface area contributed by atoms with Crippen molar-refractivity contribution in [1.29, 1.82) is 0 Å². The second-order valence-corrected chi connectivity index (χ2v) is 12.4. The van der Waals surface area contributed by atoms with Gasteiger partial charge < -0.3 is 4.57 Å². The molecule has 0 aliphatic rings. The van der Waals surface area contributed by atoms with Crippen LogP contribution in [-0.4, -0.2) is 19.1 Å². The van der Waals surface area contributed by atoms with E-state index in [2.05, 4.69) is 155 Å². The number of nitrogens with zero attached hydrogens (tertiary/aromatic N) is 4. The third-order valence-electron chi connectivity index (χ3n) is 8.96. The maximum Gasteiger partial charge on any atom is 0.236 e. The predicted molar refractivity (Wildman–Crippen MR) is 189 cm³/mol. The maximum absolute atomic E-state index is 5.39. The van der Waals surface area contributed by atoms with E-state index in [1.54, 1.807) is 11.3 Å². The molecule has 0 fully saturated rings. The summed E-state index contributed by atoms with van der Waals surface area (Å²) in [5.41, 5.74) is 7.74. The van der Waals surface area contributed by atoms with Crippen LogP contribution >= 0.6 is 11.3 Å². The Morgan fingerprint density at radius 3 is 1.89 bits per heavy atom. The average molecular weight is 593 g/mol. The van der Waals surface area contributed by atoms with Crippen molar-refractivity contribution < 1.29 is 0 Å². The summed E-state index contributed by atoms with van der Waals surface area (Å²) < 4.78 is 5.88. The molecule has 0 aliphatic heterocycles. The molecule has 5 heteroatoms. The van der Waals surface area contributed by atoms with Crippen LogP contribution < -0.4 is 0 Å². The van der Waals surface area contributed by atoms with E-state index in [1.165, 1.54) is 42.7 Å². The average Bonchev–Trinajstić information content (AvgIpc) is 3.76. The fourth-order valence-corrected chi connectivity index (χ4v) is 8.16. The van der Waals surface area contributed by atoms with E-state index < -0.39 is 0 Å². The highest BCUT2D eigenvalue weighted by atomic mass is 32.1. The van der Waals surface area contributed by atoms with E-state index >= 15 is 0 Å². The van der Waals surface area contributed by atoms with Crippen LogP contribution in [-0.2, 0) is 0 Å². The quantitative estimate of drug-likeness (QED) is 0.205. The molecule has 6 aromatic carbocycles. The number of rotatable bonds is 3. The lowest BCUT2D eigenvalue weighted by Gasteiger charge is -2.11. The molecule has 0 radical (unpaired) electrons. The van der Waals surface area contributed by atoms with Crippen LogP contribution in [0.5, 0.6) is 0 Å². The van der Waals surface area contributed by atoms with Gasteiger partial charge in [0.15, 0.2) is 0 Å². The van der Waals surface area contributed by atoms with E-state index in [4.69, 9.17) is 9.97 Å². The Morgan fingerprint density at radius 2 is 1.09 bits per heavy atom. The van der Waals surface area contributed by atoms with Crippen molar-refractivity contribution in [2.75, 3.05) is 0 Å². The first kappa shape index (κ1) is 24.6. The van der Waals surface area contributed by atoms with Gasteiger partial charge in [-0.2, -0.15) is 0 Å². The largest absolute Gasteiger partial charge is 0.309 e. The van der Waals surface area contributed by atoms with Crippen LogP contribution in [0.15, 0.2) is 146 Å². The van der Waals surface area contributed by atoms with E-state index in [0.29, 0.717) is 5.95 Å². The first-order valence-electron chi connectivity index (χ1n) is 15.1. The Hall–Kier alpha value is -5.78. The van der Waals surface area contributed by atoms with Gasteiger partial charge in [-0.25, -0.2) is 9.97 Å². The summed E-state index contributed by atoms with van der Waals surface area (Å²) in [6.45, 7) is 0. The molecule has 0 spiro atoms. The maximum atomic E-state index is 5.39. The van der Waals surface area contributed by atoms with Gasteiger partial charge >= 0.3 is 0 Å². The van der Waals surface area contributed by atoms with Gasteiger partial charge in [0, 0.05) is 48.3 Å². The minimum atomic E-state index is 0.681. The molecule has 10 rings (SSSR count). The highest BCUT2D eigenvalue weighted by Gasteiger charge is 2.23. The molecular weight excluding hydrogens is 569 g/mol. The van der Waals surface area contributed by atoms with E-state index in [-0.39, 0.29) is 0 Å². The van der Waals surface area contributed by atoms with Gasteiger partial charge in [-0.15, -0.1) is 11.3 Å². The summed E-state index contributed by atoms with van der Waals surface area (Å²) in [4.78, 5) is 11.7. The zero-order chi connectivity index (χ0) is 29.5. The lowest BCUT2D eigenvalue weighted by molar-refractivity contribution is 1.02. The summed E-state index contributed by atoms with van der Waals surface area (Å²) in [7, 11) is 0. The first-order chi connectivity index (χ1) is 22.3. The van der Waals surface area contributed by atoms with Gasteiger partial charge in [0.05, 0.1) is 27.8 Å². The number of fused-ring (bicyclic) bond motifs is 10. The Labute approximate surface area is 262 Å². The van der Waals surface area contributed by atoms with E-state index in [1.807, 2.05) is 0 Å². The van der Waals surface area contributed by atoms with Gasteiger partial charge in [-0.1, -0.05) is 109 Å². The molecule has 210 valence electrons. The van der Waals surface area contributed by atoms with Crippen molar-refractivity contribution in [3.63, 3.8) is 0 Å². The zero-order valence-electron chi connectivity index (χ0n) is 24.1. The third-order valence-corrected chi connectivity index (χ3v) is 10.0. The number of aromatic nitrogens is 4. The minimum Gasteiger partial charge on any atom is -0.309 e. The monoisotopic (exact) mass is 592 g/mol. The van der Waals surface area contributed by atoms with Crippen LogP contribution in [0.25, 0.3) is 86.8 Å². The third kappa shape index (κ3) is 3.47. The molecule has 4 nitrogen and oxygen atoms in total. The van der Waals surface area contributed by atoms with Gasteiger partial charge in [-0.3, -0.25) is 4.57 Å². The zero-order valence-corrected chi connectivity index (χ0v) is 24.9. The van der Waals surface area contributed by atoms with Crippen molar-refractivity contribution in [3.05, 3.63) is 146 Å². The second kappa shape index (κ2) is 9.36. The Bertz CT molecular complexity index is 2750. The fourth-order valence-electron chi connectivity index (χ4n) is 7.09. The topological polar surface area (TPSA) is 35.6 Å². The van der Waals surface area contributed by atoms with Crippen LogP contribution in [0.4, 0.5) is 0 Å². The van der Waals surface area contributed by atoms with Crippen molar-refractivity contribution >= 4 is 75.3 Å². The van der Waals surface area contributed by atoms with Crippen LogP contribution in [0.1, 0.15) is 0 Å². The Kier molecular flexibility index (Phi) is 5.12. The van der Waals surface area contributed by atoms with E-state index in [9.17, 15) is 0 Å². The predicted octanol–water partition coefficient (Wildman–Crippen LogP) is 10.7. The summed E-state index contributed by atoms with van der Waals surface area (Å²) in [6.07, 6.45) is 0. The number of benzene rings is 6. The molecule has 0 N–H and O–H groups in total. The molecule has 0 unspecified atom stereocenters. The Morgan fingerprint density at radius 1 is 0.444 bits per heavy atom. The van der Waals surface area contributed by atoms with Gasteiger partial charge in [-0.05, 0) is 36.4 Å². The molecular formula is C40H24N4S. The minimum absolute atomic E-state index is 0.681. The molecule has 0 bridgehead atoms. The SMILES string of the molecule is c1ccc(-c2nc(-n3c4ccccc4c4c3ccc3c5ccccc5n(-c5ccccc5)c34)nc3sc4ccccc4c23)cc1. The summed E-state index contributed by atoms with van der Waals surface area (Å²) in [5.74, 6) is 0.681. The highest BCUT2D eigenvalue weighted by Crippen LogP contribution is 2.43. The number of para-hydroxylation sites is 3. The molecule has 45 heavy (non-hydrogen) atoms. The van der Waals surface area contributed by atoms with Gasteiger partial charge in [0.1, 0.15) is 4.83 Å². The molecule has 10 aromatic rings. The summed E-state index contributed by atoms with van der Waals surface area (Å²) in [6, 6.07) is 51.6. The lowest BCUT2D eigenvalue weighted by atomic mass is 10.1. The standard InChI is InChI=1S/C40H24N4S/c1-3-13-25(14-4-1)37-36-30-19-9-12-22-34(30)45-39(36)42-40(41-37)44-32-21-11-8-18-29(32)35-33(44)24-23-28-27-17-7-10-20-31(27)43(38(28)35)26-15-5-2-6-16-26/h1-24H. The summed E-state index contributed by atoms with van der Waals surface area (Å²) >= 11 is 1.73. The number of hydrogen-bond donors (Lipinski definition) is 0. The van der Waals surface area contributed by atoms with Crippen molar-refractivity contribution in [3.8, 4) is 22.9 Å². The molecule has 0 amide bonds. The molecule has 0 aliphatic carbocycles. The molecule has 0 atom stereocenters. The Balaban J connectivity index is 1.38. The van der Waals surface area contributed by atoms with E-state index in [0.717, 1.165) is 38.2 Å². The van der Waals surface area contributed by atoms with Crippen LogP contribution in [0.2, 0.25) is 0 Å². The number of thiophene rings is 1. The fraction of sp³-hybridized carbons (Fsp3) is 0. The summed E-state index contributed by atoms with van der Waals surface area (Å²) in [5, 5.41) is 7.15. The van der Waals surface area contributed by atoms with Gasteiger partial charge in [0.2, 0.25) is 5.95 Å². The smallest absolute Gasteiger partial charge is 0.236 e. The normalized spacial score (nSPS) is 12.0. The molecule has 0 saturated carbocycles. The van der Waals surface area contributed by atoms with Crippen molar-refractivity contribution in [1.82, 2.24) is 19.1 Å². The molecule has 4 aromatic heterocycles. The van der Waals surface area contributed by atoms with Crippen LogP contribution in [0, 0.1) is 0 Å². The van der Waals surface area contributed by atoms with Crippen molar-refractivity contribution in [2.24, 2.45) is 0 Å². The van der Waals surface area contributed by atoms with Crippen molar-refractivity contribution in [2.45, 2.75) is 0 Å². The second-order valence-electron chi connectivity index (χ2n) is 11.4. The number of hydrogen-bond acceptors (Lipinski definition) is 3. The lowest BCUT2D eigenvalue weighted by Crippen LogP contribution is -2.02.